The Hall–Kier alpha value is -1.54. The van der Waals surface area contributed by atoms with Crippen molar-refractivity contribution in [1.82, 2.24) is 9.55 Å². The third-order valence-electron chi connectivity index (χ3n) is 2.66. The molecular weight excluding hydrogens is 244 g/mol. The fourth-order valence-corrected chi connectivity index (χ4v) is 1.83. The van der Waals surface area contributed by atoms with E-state index in [1.165, 1.54) is 17.0 Å². The van der Waals surface area contributed by atoms with Crippen molar-refractivity contribution in [2.24, 2.45) is 0 Å². The van der Waals surface area contributed by atoms with Gasteiger partial charge in [-0.3, -0.25) is 0 Å². The van der Waals surface area contributed by atoms with Gasteiger partial charge in [-0.15, -0.1) is 0 Å². The lowest BCUT2D eigenvalue weighted by molar-refractivity contribution is -0.397. The minimum atomic E-state index is -0.763. The Morgan fingerprint density at radius 3 is 3.22 bits per heavy atom. The van der Waals surface area contributed by atoms with Gasteiger partial charge in [-0.25, -0.2) is 8.96 Å². The number of rotatable bonds is 6. The van der Waals surface area contributed by atoms with Crippen molar-refractivity contribution in [3.05, 3.63) is 22.5 Å². The normalized spacial score (nSPS) is 21.1. The highest BCUT2D eigenvalue weighted by Gasteiger charge is 2.24. The van der Waals surface area contributed by atoms with Gasteiger partial charge in [-0.05, 0) is 11.3 Å². The second-order valence-corrected chi connectivity index (χ2v) is 3.99. The maximum absolute atomic E-state index is 12.9. The monoisotopic (exact) mass is 258 g/mol. The van der Waals surface area contributed by atoms with Gasteiger partial charge >= 0.3 is 5.95 Å². The molecule has 0 aliphatic carbocycles. The van der Waals surface area contributed by atoms with Crippen molar-refractivity contribution in [3.63, 3.8) is 0 Å². The molecule has 2 unspecified atom stereocenters. The second kappa shape index (κ2) is 5.87. The molecule has 2 atom stereocenters. The van der Waals surface area contributed by atoms with Crippen LogP contribution >= 0.6 is 0 Å². The highest BCUT2D eigenvalue weighted by Crippen LogP contribution is 2.17. The van der Waals surface area contributed by atoms with Crippen LogP contribution in [-0.2, 0) is 16.0 Å². The quantitative estimate of drug-likeness (QED) is 0.567. The van der Waals surface area contributed by atoms with Crippen LogP contribution in [0.25, 0.3) is 0 Å². The highest BCUT2D eigenvalue weighted by molar-refractivity contribution is 5.06. The number of nitro groups is 1. The lowest BCUT2D eigenvalue weighted by Crippen LogP contribution is -2.28. The average molecular weight is 258 g/mol. The molecule has 7 nitrogen and oxygen atoms in total. The predicted octanol–water partition coefficient (Wildman–Crippen LogP) is 1.28. The zero-order valence-corrected chi connectivity index (χ0v) is 9.70. The van der Waals surface area contributed by atoms with Gasteiger partial charge in [-0.1, -0.05) is 4.98 Å². The van der Waals surface area contributed by atoms with Crippen molar-refractivity contribution in [1.29, 1.82) is 0 Å². The minimum absolute atomic E-state index is 0.0483. The van der Waals surface area contributed by atoms with Crippen molar-refractivity contribution in [3.8, 4) is 0 Å². The van der Waals surface area contributed by atoms with E-state index in [4.69, 9.17) is 9.47 Å². The van der Waals surface area contributed by atoms with Crippen LogP contribution in [0.3, 0.4) is 0 Å². The lowest BCUT2D eigenvalue weighted by atomic mass is 10.3. The molecule has 1 aliphatic rings. The molecule has 0 N–H and O–H groups in total. The summed E-state index contributed by atoms with van der Waals surface area (Å²) in [5.74, 6) is -0.315. The summed E-state index contributed by atoms with van der Waals surface area (Å²) in [7, 11) is 0. The maximum atomic E-state index is 12.9. The van der Waals surface area contributed by atoms with Crippen LogP contribution in [0.1, 0.15) is 12.8 Å². The van der Waals surface area contributed by atoms with E-state index in [0.717, 1.165) is 12.8 Å². The van der Waals surface area contributed by atoms with Crippen molar-refractivity contribution in [2.45, 2.75) is 31.8 Å². The van der Waals surface area contributed by atoms with Crippen LogP contribution in [0.2, 0.25) is 0 Å². The van der Waals surface area contributed by atoms with E-state index in [9.17, 15) is 14.5 Å². The molecule has 0 spiro atoms. The van der Waals surface area contributed by atoms with Gasteiger partial charge in [0.2, 0.25) is 0 Å². The first-order valence-electron chi connectivity index (χ1n) is 5.69. The maximum Gasteiger partial charge on any atom is 0.434 e. The molecule has 2 heterocycles. The minimum Gasteiger partial charge on any atom is -0.390 e. The number of ether oxygens (including phenoxy) is 2. The summed E-state index contributed by atoms with van der Waals surface area (Å²) in [6, 6.07) is 0. The van der Waals surface area contributed by atoms with Crippen LogP contribution in [0.4, 0.5) is 10.3 Å². The SMILES string of the molecule is O=[N+]([O-])c1nccn1CC(C[18F])OC1CCCO1. The third-order valence-corrected chi connectivity index (χ3v) is 2.66. The number of imidazole rings is 1. The molecule has 1 aromatic heterocycles. The van der Waals surface area contributed by atoms with Crippen LogP contribution in [-0.4, -0.2) is 40.1 Å². The van der Waals surface area contributed by atoms with Gasteiger partial charge in [0, 0.05) is 13.0 Å². The topological polar surface area (TPSA) is 79.4 Å². The predicted molar refractivity (Wildman–Crippen MR) is 58.7 cm³/mol. The molecule has 1 fully saturated rings. The molecular formula is C10H14FN3O4. The third kappa shape index (κ3) is 3.02. The molecule has 0 radical (unpaired) electrons. The van der Waals surface area contributed by atoms with E-state index in [1.54, 1.807) is 0 Å². The molecule has 0 aromatic carbocycles. The number of hydrogen-bond acceptors (Lipinski definition) is 5. The summed E-state index contributed by atoms with van der Waals surface area (Å²) < 4.78 is 24.7. The van der Waals surface area contributed by atoms with Crippen LogP contribution in [0, 0.1) is 10.1 Å². The van der Waals surface area contributed by atoms with Gasteiger partial charge in [0.1, 0.15) is 31.7 Å². The molecule has 0 amide bonds. The highest BCUT2D eigenvalue weighted by atomic mass is 18.2. The zero-order chi connectivity index (χ0) is 13.0. The van der Waals surface area contributed by atoms with E-state index in [2.05, 4.69) is 4.98 Å². The first-order valence-corrected chi connectivity index (χ1v) is 5.69. The Morgan fingerprint density at radius 2 is 2.61 bits per heavy atom. The Balaban J connectivity index is 1.96. The van der Waals surface area contributed by atoms with Gasteiger partial charge in [-0.2, -0.15) is 0 Å². The molecule has 0 saturated carbocycles. The summed E-state index contributed by atoms with van der Waals surface area (Å²) in [5.41, 5.74) is 0. The number of nitrogens with zero attached hydrogens (tertiary/aromatic N) is 3. The van der Waals surface area contributed by atoms with Crippen molar-refractivity contribution >= 4 is 5.95 Å². The molecule has 8 heteroatoms. The number of alkyl halides is 1. The number of aromatic nitrogens is 2. The van der Waals surface area contributed by atoms with Gasteiger partial charge in [0.25, 0.3) is 0 Å². The summed E-state index contributed by atoms with van der Waals surface area (Å²) in [6.07, 6.45) is 3.17. The molecule has 2 rings (SSSR count). The Bertz CT molecular complexity index is 406. The molecule has 100 valence electrons. The molecule has 1 aliphatic heterocycles. The Morgan fingerprint density at radius 1 is 1.78 bits per heavy atom. The van der Waals surface area contributed by atoms with Crippen LogP contribution in [0.5, 0.6) is 0 Å². The van der Waals surface area contributed by atoms with Crippen molar-refractivity contribution in [2.75, 3.05) is 13.3 Å². The summed E-state index contributed by atoms with van der Waals surface area (Å²) in [6.45, 7) is -0.0727. The second-order valence-electron chi connectivity index (χ2n) is 3.99. The van der Waals surface area contributed by atoms with E-state index < -0.39 is 24.0 Å². The first kappa shape index (κ1) is 12.9. The molecule has 1 aromatic rings. The Kier molecular flexibility index (Phi) is 4.21. The Labute approximate surface area is 103 Å². The zero-order valence-electron chi connectivity index (χ0n) is 9.70. The smallest absolute Gasteiger partial charge is 0.390 e. The van der Waals surface area contributed by atoms with Crippen molar-refractivity contribution < 1.29 is 18.8 Å². The molecule has 18 heavy (non-hydrogen) atoms. The lowest BCUT2D eigenvalue weighted by Gasteiger charge is -2.18. The first-order chi connectivity index (χ1) is 8.70. The molecule has 0 bridgehead atoms. The summed E-state index contributed by atoms with van der Waals surface area (Å²) >= 11 is 0. The van der Waals surface area contributed by atoms with E-state index in [0.29, 0.717) is 6.61 Å². The average Bonchev–Trinajstić information content (AvgIpc) is 2.98. The van der Waals surface area contributed by atoms with Gasteiger partial charge in [0.05, 0.1) is 0 Å². The van der Waals surface area contributed by atoms with Crippen LogP contribution in [0.15, 0.2) is 12.4 Å². The van der Waals surface area contributed by atoms with E-state index >= 15 is 0 Å². The number of halogens is 1. The fourth-order valence-electron chi connectivity index (χ4n) is 1.83. The summed E-state index contributed by atoms with van der Waals surface area (Å²) in [4.78, 5) is 13.6. The fraction of sp³-hybridized carbons (Fsp3) is 0.700. The summed E-state index contributed by atoms with van der Waals surface area (Å²) in [5, 5.41) is 10.7. The van der Waals surface area contributed by atoms with E-state index in [-0.39, 0.29) is 12.5 Å². The molecule has 1 saturated heterocycles. The van der Waals surface area contributed by atoms with Gasteiger partial charge in [0.15, 0.2) is 6.29 Å². The van der Waals surface area contributed by atoms with Crippen LogP contribution < -0.4 is 0 Å². The standard InChI is InChI=1S/C10H14FN3O4/c11-6-8(18-9-2-1-5-17-9)7-13-4-3-12-10(13)14(15)16/h3-4,8-9H,1-2,5-7H2/i11-1. The largest absolute Gasteiger partial charge is 0.434 e. The number of hydrogen-bond donors (Lipinski definition) is 0. The van der Waals surface area contributed by atoms with E-state index in [1.807, 2.05) is 0 Å². The van der Waals surface area contributed by atoms with Gasteiger partial charge < -0.3 is 19.6 Å².